The summed E-state index contributed by atoms with van der Waals surface area (Å²) in [5, 5.41) is 13.7. The first-order valence-corrected chi connectivity index (χ1v) is 4.43. The molecule has 2 atom stereocenters. The molecule has 82 valence electrons. The normalized spacial score (nSPS) is 24.2. The molecule has 0 aromatic heterocycles. The van der Waals surface area contributed by atoms with Crippen molar-refractivity contribution in [1.82, 2.24) is 10.6 Å². The van der Waals surface area contributed by atoms with Crippen LogP contribution >= 0.6 is 0 Å². The van der Waals surface area contributed by atoms with Crippen molar-refractivity contribution < 1.29 is 19.4 Å². The first kappa shape index (κ1) is 11.3. The molecule has 1 aliphatic rings. The minimum atomic E-state index is -0.977. The lowest BCUT2D eigenvalue weighted by atomic mass is 10.0. The van der Waals surface area contributed by atoms with Crippen molar-refractivity contribution in [2.75, 3.05) is 19.8 Å². The van der Waals surface area contributed by atoms with Crippen LogP contribution in [0.3, 0.4) is 0 Å². The molecule has 15 heavy (non-hydrogen) atoms. The average molecular weight is 212 g/mol. The van der Waals surface area contributed by atoms with Crippen molar-refractivity contribution in [1.29, 1.82) is 0 Å². The third kappa shape index (κ3) is 3.14. The Morgan fingerprint density at radius 2 is 2.27 bits per heavy atom. The molecule has 2 amide bonds. The van der Waals surface area contributed by atoms with Gasteiger partial charge in [-0.15, -0.1) is 6.42 Å². The second kappa shape index (κ2) is 5.22. The summed E-state index contributed by atoms with van der Waals surface area (Å²) in [6.45, 7) is 0.438. The Labute approximate surface area is 87.0 Å². The minimum absolute atomic E-state index is 0.108. The average Bonchev–Trinajstić information content (AvgIpc) is 2.62. The number of terminal acetylenes is 1. The number of nitrogens with one attached hydrogen (secondary N) is 2. The molecule has 0 bridgehead atoms. The lowest BCUT2D eigenvalue weighted by molar-refractivity contribution is -0.142. The molecule has 1 fully saturated rings. The van der Waals surface area contributed by atoms with Crippen molar-refractivity contribution in [3.8, 4) is 12.3 Å². The molecule has 0 aromatic rings. The molecule has 1 heterocycles. The molecular weight excluding hydrogens is 200 g/mol. The predicted octanol–water partition coefficient (Wildman–Crippen LogP) is -0.982. The molecule has 0 saturated carbocycles. The van der Waals surface area contributed by atoms with Crippen molar-refractivity contribution in [2.24, 2.45) is 5.92 Å². The standard InChI is InChI=1S/C9H12N2O4/c1-2-3-10-9(14)11-7-5-15-4-6(7)8(12)13/h1,6-7H,3-5H2,(H,12,13)(H2,10,11,14). The number of aliphatic carboxylic acids is 1. The van der Waals surface area contributed by atoms with E-state index < -0.39 is 24.0 Å². The fourth-order valence-electron chi connectivity index (χ4n) is 1.29. The predicted molar refractivity (Wildman–Crippen MR) is 51.1 cm³/mol. The summed E-state index contributed by atoms with van der Waals surface area (Å²) in [4.78, 5) is 21.9. The zero-order valence-corrected chi connectivity index (χ0v) is 8.03. The first-order valence-electron chi connectivity index (χ1n) is 4.43. The van der Waals surface area contributed by atoms with E-state index in [1.54, 1.807) is 0 Å². The van der Waals surface area contributed by atoms with Gasteiger partial charge in [0.2, 0.25) is 0 Å². The van der Waals surface area contributed by atoms with Crippen LogP contribution < -0.4 is 10.6 Å². The maximum atomic E-state index is 11.2. The smallest absolute Gasteiger partial charge is 0.315 e. The van der Waals surface area contributed by atoms with E-state index in [-0.39, 0.29) is 19.8 Å². The molecular formula is C9H12N2O4. The second-order valence-corrected chi connectivity index (χ2v) is 3.12. The van der Waals surface area contributed by atoms with Crippen LogP contribution in [0.5, 0.6) is 0 Å². The molecule has 0 radical (unpaired) electrons. The van der Waals surface area contributed by atoms with Crippen molar-refractivity contribution in [3.63, 3.8) is 0 Å². The monoisotopic (exact) mass is 212 g/mol. The van der Waals surface area contributed by atoms with E-state index in [1.807, 2.05) is 0 Å². The highest BCUT2D eigenvalue weighted by Crippen LogP contribution is 2.13. The van der Waals surface area contributed by atoms with Crippen LogP contribution in [-0.2, 0) is 9.53 Å². The SMILES string of the molecule is C#CCNC(=O)NC1COCC1C(=O)O. The lowest BCUT2D eigenvalue weighted by Crippen LogP contribution is -2.47. The Morgan fingerprint density at radius 1 is 1.53 bits per heavy atom. The number of hydrogen-bond donors (Lipinski definition) is 3. The Hall–Kier alpha value is -1.74. The Bertz CT molecular complexity index is 297. The van der Waals surface area contributed by atoms with Gasteiger partial charge in [0, 0.05) is 0 Å². The summed E-state index contributed by atoms with van der Waals surface area (Å²) in [6, 6.07) is -0.977. The quantitative estimate of drug-likeness (QED) is 0.525. The van der Waals surface area contributed by atoms with Gasteiger partial charge in [0.1, 0.15) is 5.92 Å². The number of rotatable bonds is 3. The molecule has 0 aromatic carbocycles. The number of ether oxygens (including phenoxy) is 1. The first-order chi connectivity index (χ1) is 7.15. The van der Waals surface area contributed by atoms with Crippen molar-refractivity contribution >= 4 is 12.0 Å². The molecule has 1 saturated heterocycles. The molecule has 6 nitrogen and oxygen atoms in total. The summed E-state index contributed by atoms with van der Waals surface area (Å²) in [6.07, 6.45) is 4.95. The van der Waals surface area contributed by atoms with Gasteiger partial charge in [-0.3, -0.25) is 4.79 Å². The summed E-state index contributed by atoms with van der Waals surface area (Å²) >= 11 is 0. The van der Waals surface area contributed by atoms with Crippen LogP contribution in [0.4, 0.5) is 4.79 Å². The highest BCUT2D eigenvalue weighted by Gasteiger charge is 2.34. The van der Waals surface area contributed by atoms with E-state index in [2.05, 4.69) is 16.6 Å². The van der Waals surface area contributed by atoms with E-state index in [0.29, 0.717) is 0 Å². The van der Waals surface area contributed by atoms with Crippen LogP contribution in [0.2, 0.25) is 0 Å². The number of hydrogen-bond acceptors (Lipinski definition) is 3. The highest BCUT2D eigenvalue weighted by molar-refractivity contribution is 5.77. The van der Waals surface area contributed by atoms with Gasteiger partial charge in [-0.2, -0.15) is 0 Å². The van der Waals surface area contributed by atoms with Crippen LogP contribution in [0.1, 0.15) is 0 Å². The van der Waals surface area contributed by atoms with E-state index in [1.165, 1.54) is 0 Å². The summed E-state index contributed by atoms with van der Waals surface area (Å²) in [5.41, 5.74) is 0. The van der Waals surface area contributed by atoms with Crippen LogP contribution in [0, 0.1) is 18.3 Å². The number of amides is 2. The molecule has 6 heteroatoms. The van der Waals surface area contributed by atoms with Crippen LogP contribution in [0.15, 0.2) is 0 Å². The second-order valence-electron chi connectivity index (χ2n) is 3.12. The van der Waals surface area contributed by atoms with Crippen molar-refractivity contribution in [3.05, 3.63) is 0 Å². The number of carboxylic acid groups (broad SMARTS) is 1. The summed E-state index contributed by atoms with van der Waals surface area (Å²) < 4.78 is 4.97. The van der Waals surface area contributed by atoms with Gasteiger partial charge in [0.05, 0.1) is 25.8 Å². The molecule has 3 N–H and O–H groups in total. The molecule has 1 aliphatic heterocycles. The maximum absolute atomic E-state index is 11.2. The zero-order valence-electron chi connectivity index (χ0n) is 8.03. The van der Waals surface area contributed by atoms with E-state index in [4.69, 9.17) is 16.3 Å². The fourth-order valence-corrected chi connectivity index (χ4v) is 1.29. The minimum Gasteiger partial charge on any atom is -0.481 e. The Morgan fingerprint density at radius 3 is 2.87 bits per heavy atom. The largest absolute Gasteiger partial charge is 0.481 e. The highest BCUT2D eigenvalue weighted by atomic mass is 16.5. The third-order valence-corrected chi connectivity index (χ3v) is 2.07. The lowest BCUT2D eigenvalue weighted by Gasteiger charge is -2.15. The molecule has 0 aliphatic carbocycles. The number of carbonyl (C=O) groups excluding carboxylic acids is 1. The van der Waals surface area contributed by atoms with Gasteiger partial charge in [0.15, 0.2) is 0 Å². The van der Waals surface area contributed by atoms with Gasteiger partial charge in [-0.05, 0) is 0 Å². The number of urea groups is 1. The molecule has 2 unspecified atom stereocenters. The van der Waals surface area contributed by atoms with E-state index in [0.717, 1.165) is 0 Å². The molecule has 1 rings (SSSR count). The van der Waals surface area contributed by atoms with Gasteiger partial charge < -0.3 is 20.5 Å². The van der Waals surface area contributed by atoms with E-state index in [9.17, 15) is 9.59 Å². The van der Waals surface area contributed by atoms with Crippen LogP contribution in [0.25, 0.3) is 0 Å². The zero-order chi connectivity index (χ0) is 11.3. The van der Waals surface area contributed by atoms with Gasteiger partial charge in [-0.1, -0.05) is 5.92 Å². The topological polar surface area (TPSA) is 87.7 Å². The van der Waals surface area contributed by atoms with Gasteiger partial charge >= 0.3 is 12.0 Å². The van der Waals surface area contributed by atoms with Gasteiger partial charge in [0.25, 0.3) is 0 Å². The Balaban J connectivity index is 2.40. The Kier molecular flexibility index (Phi) is 3.94. The molecule has 0 spiro atoms. The maximum Gasteiger partial charge on any atom is 0.315 e. The fraction of sp³-hybridized carbons (Fsp3) is 0.556. The van der Waals surface area contributed by atoms with Crippen molar-refractivity contribution in [2.45, 2.75) is 6.04 Å². The van der Waals surface area contributed by atoms with E-state index >= 15 is 0 Å². The third-order valence-electron chi connectivity index (χ3n) is 2.07. The van der Waals surface area contributed by atoms with Crippen LogP contribution in [-0.4, -0.2) is 42.9 Å². The number of carbonyl (C=O) groups is 2. The summed E-state index contributed by atoms with van der Waals surface area (Å²) in [7, 11) is 0. The number of carboxylic acids is 1. The summed E-state index contributed by atoms with van der Waals surface area (Å²) in [5.74, 6) is 0.568. The van der Waals surface area contributed by atoms with Gasteiger partial charge in [-0.25, -0.2) is 4.79 Å².